The van der Waals surface area contributed by atoms with Gasteiger partial charge in [-0.3, -0.25) is 9.69 Å². The highest BCUT2D eigenvalue weighted by atomic mass is 32.1. The van der Waals surface area contributed by atoms with Crippen molar-refractivity contribution in [3.8, 4) is 11.5 Å². The number of carbonyl (C=O) groups excluding carboxylic acids is 1. The van der Waals surface area contributed by atoms with E-state index in [9.17, 15) is 4.79 Å². The zero-order valence-electron chi connectivity index (χ0n) is 12.9. The van der Waals surface area contributed by atoms with Gasteiger partial charge in [0, 0.05) is 18.1 Å². The molecule has 1 N–H and O–H groups in total. The van der Waals surface area contributed by atoms with Crippen LogP contribution in [0.5, 0.6) is 11.5 Å². The molecular formula is C16H19N3O3S. The van der Waals surface area contributed by atoms with Crippen LogP contribution in [0.1, 0.15) is 6.92 Å². The normalized spacial score (nSPS) is 16.3. The van der Waals surface area contributed by atoms with E-state index >= 15 is 0 Å². The first-order chi connectivity index (χ1) is 11.2. The Kier molecular flexibility index (Phi) is 5.09. The molecule has 2 heterocycles. The van der Waals surface area contributed by atoms with Gasteiger partial charge in [-0.15, -0.1) is 11.3 Å². The van der Waals surface area contributed by atoms with E-state index in [4.69, 9.17) is 9.47 Å². The number of hydrogen-bond donors (Lipinski definition) is 1. The molecule has 0 bridgehead atoms. The molecule has 6 nitrogen and oxygen atoms in total. The Labute approximate surface area is 139 Å². The molecule has 0 radical (unpaired) electrons. The summed E-state index contributed by atoms with van der Waals surface area (Å²) >= 11 is 1.41. The molecule has 23 heavy (non-hydrogen) atoms. The second-order valence-electron chi connectivity index (χ2n) is 5.21. The van der Waals surface area contributed by atoms with Gasteiger partial charge >= 0.3 is 0 Å². The van der Waals surface area contributed by atoms with E-state index in [-0.39, 0.29) is 12.0 Å². The fourth-order valence-electron chi connectivity index (χ4n) is 2.39. The maximum Gasteiger partial charge on any atom is 0.240 e. The van der Waals surface area contributed by atoms with Crippen LogP contribution in [-0.4, -0.2) is 48.1 Å². The van der Waals surface area contributed by atoms with Crippen LogP contribution in [0.2, 0.25) is 0 Å². The number of amides is 1. The largest absolute Gasteiger partial charge is 0.486 e. The number of likely N-dealkylation sites (N-methyl/N-ethyl adjacent to an activating group) is 1. The summed E-state index contributed by atoms with van der Waals surface area (Å²) in [4.78, 5) is 18.1. The van der Waals surface area contributed by atoms with Crippen LogP contribution in [0.3, 0.4) is 0 Å². The molecule has 0 saturated carbocycles. The Morgan fingerprint density at radius 1 is 1.43 bits per heavy atom. The summed E-state index contributed by atoms with van der Waals surface area (Å²) in [5, 5.41) is 5.25. The average Bonchev–Trinajstić information content (AvgIpc) is 3.07. The molecule has 1 aromatic heterocycles. The average molecular weight is 333 g/mol. The van der Waals surface area contributed by atoms with Gasteiger partial charge in [-0.05, 0) is 18.7 Å². The van der Waals surface area contributed by atoms with Crippen LogP contribution in [0.25, 0.3) is 0 Å². The monoisotopic (exact) mass is 333 g/mol. The molecule has 3 rings (SSSR count). The number of thiazole rings is 1. The van der Waals surface area contributed by atoms with Crippen LogP contribution < -0.4 is 14.8 Å². The number of fused-ring (bicyclic) bond motifs is 1. The van der Waals surface area contributed by atoms with Gasteiger partial charge < -0.3 is 14.8 Å². The first-order valence-corrected chi connectivity index (χ1v) is 8.42. The molecule has 1 aromatic carbocycles. The minimum atomic E-state index is -0.0856. The van der Waals surface area contributed by atoms with E-state index in [0.717, 1.165) is 18.0 Å². The van der Waals surface area contributed by atoms with Gasteiger partial charge in [0.2, 0.25) is 5.91 Å². The smallest absolute Gasteiger partial charge is 0.240 e. The Bertz CT molecular complexity index is 648. The summed E-state index contributed by atoms with van der Waals surface area (Å²) in [5.41, 5.74) is 0. The highest BCUT2D eigenvalue weighted by Gasteiger charge is 2.23. The van der Waals surface area contributed by atoms with Crippen LogP contribution in [0.4, 0.5) is 5.13 Å². The van der Waals surface area contributed by atoms with Gasteiger partial charge in [-0.2, -0.15) is 0 Å². The lowest BCUT2D eigenvalue weighted by Crippen LogP contribution is -2.43. The molecule has 1 aliphatic heterocycles. The van der Waals surface area contributed by atoms with Crippen molar-refractivity contribution in [3.63, 3.8) is 0 Å². The molecule has 1 amide bonds. The zero-order chi connectivity index (χ0) is 16.1. The molecule has 122 valence electrons. The van der Waals surface area contributed by atoms with Crippen molar-refractivity contribution < 1.29 is 14.3 Å². The van der Waals surface area contributed by atoms with E-state index in [0.29, 0.717) is 24.8 Å². The van der Waals surface area contributed by atoms with Crippen molar-refractivity contribution in [2.75, 3.05) is 31.6 Å². The third kappa shape index (κ3) is 4.20. The third-order valence-corrected chi connectivity index (χ3v) is 4.21. The molecule has 0 saturated heterocycles. The zero-order valence-corrected chi connectivity index (χ0v) is 13.7. The lowest BCUT2D eigenvalue weighted by atomic mass is 10.2. The van der Waals surface area contributed by atoms with Gasteiger partial charge in [-0.1, -0.05) is 19.1 Å². The molecule has 0 fully saturated rings. The number of nitrogens with one attached hydrogen (secondary N) is 1. The number of aromatic nitrogens is 1. The lowest BCUT2D eigenvalue weighted by Gasteiger charge is -2.30. The van der Waals surface area contributed by atoms with Gasteiger partial charge in [0.05, 0.1) is 6.54 Å². The van der Waals surface area contributed by atoms with E-state index in [2.05, 4.69) is 10.3 Å². The predicted molar refractivity (Wildman–Crippen MR) is 89.2 cm³/mol. The molecular weight excluding hydrogens is 314 g/mol. The van der Waals surface area contributed by atoms with Crippen LogP contribution >= 0.6 is 11.3 Å². The fraction of sp³-hybridized carbons (Fsp3) is 0.375. The molecule has 0 spiro atoms. The molecule has 1 atom stereocenters. The third-order valence-electron chi connectivity index (χ3n) is 3.52. The molecule has 7 heteroatoms. The quantitative estimate of drug-likeness (QED) is 0.878. The van der Waals surface area contributed by atoms with Crippen molar-refractivity contribution >= 4 is 22.4 Å². The SMILES string of the molecule is CCN(CC(=O)Nc1nccs1)C[C@@H]1COc2ccccc2O1. The first-order valence-electron chi connectivity index (χ1n) is 7.54. The topological polar surface area (TPSA) is 63.7 Å². The van der Waals surface area contributed by atoms with Crippen LogP contribution in [0.15, 0.2) is 35.8 Å². The summed E-state index contributed by atoms with van der Waals surface area (Å²) in [6, 6.07) is 7.63. The Hall–Kier alpha value is -2.12. The number of nitrogens with zero attached hydrogens (tertiary/aromatic N) is 2. The van der Waals surface area contributed by atoms with E-state index in [1.807, 2.05) is 41.5 Å². The van der Waals surface area contributed by atoms with E-state index in [1.165, 1.54) is 11.3 Å². The van der Waals surface area contributed by atoms with Gasteiger partial charge in [0.25, 0.3) is 0 Å². The van der Waals surface area contributed by atoms with Crippen LogP contribution in [-0.2, 0) is 4.79 Å². The van der Waals surface area contributed by atoms with Crippen LogP contribution in [0, 0.1) is 0 Å². The molecule has 2 aromatic rings. The minimum Gasteiger partial charge on any atom is -0.486 e. The summed E-state index contributed by atoms with van der Waals surface area (Å²) in [7, 11) is 0. The van der Waals surface area contributed by atoms with Crippen molar-refractivity contribution in [2.45, 2.75) is 13.0 Å². The summed E-state index contributed by atoms with van der Waals surface area (Å²) in [6.45, 7) is 4.20. The molecule has 0 unspecified atom stereocenters. The van der Waals surface area contributed by atoms with Crippen molar-refractivity contribution in [1.82, 2.24) is 9.88 Å². The number of anilines is 1. The summed E-state index contributed by atoms with van der Waals surface area (Å²) in [5.74, 6) is 1.46. The number of carbonyl (C=O) groups is 1. The highest BCUT2D eigenvalue weighted by Crippen LogP contribution is 2.30. The van der Waals surface area contributed by atoms with E-state index in [1.54, 1.807) is 6.20 Å². The number of hydrogen-bond acceptors (Lipinski definition) is 6. The fourth-order valence-corrected chi connectivity index (χ4v) is 2.94. The highest BCUT2D eigenvalue weighted by molar-refractivity contribution is 7.13. The van der Waals surface area contributed by atoms with Crippen molar-refractivity contribution in [3.05, 3.63) is 35.8 Å². The first kappa shape index (κ1) is 15.8. The van der Waals surface area contributed by atoms with E-state index < -0.39 is 0 Å². The number of ether oxygens (including phenoxy) is 2. The predicted octanol–water partition coefficient (Wildman–Crippen LogP) is 2.24. The van der Waals surface area contributed by atoms with Gasteiger partial charge in [-0.25, -0.2) is 4.98 Å². The minimum absolute atomic E-state index is 0.0704. The Balaban J connectivity index is 1.52. The standard InChI is InChI=1S/C16H19N3O3S/c1-2-19(10-15(20)18-16-17-7-8-23-16)9-12-11-21-13-5-3-4-6-14(13)22-12/h3-8,12H,2,9-11H2,1H3,(H,17,18,20)/t12-/m1/s1. The second-order valence-corrected chi connectivity index (χ2v) is 6.11. The van der Waals surface area contributed by atoms with Gasteiger partial charge in [0.1, 0.15) is 12.7 Å². The Morgan fingerprint density at radius 2 is 2.26 bits per heavy atom. The lowest BCUT2D eigenvalue weighted by molar-refractivity contribution is -0.117. The van der Waals surface area contributed by atoms with Gasteiger partial charge in [0.15, 0.2) is 16.6 Å². The maximum atomic E-state index is 12.1. The number of para-hydroxylation sites is 2. The van der Waals surface area contributed by atoms with Crippen molar-refractivity contribution in [1.29, 1.82) is 0 Å². The number of rotatable bonds is 6. The summed E-state index contributed by atoms with van der Waals surface area (Å²) < 4.78 is 11.7. The molecule has 1 aliphatic rings. The number of benzene rings is 1. The Morgan fingerprint density at radius 3 is 3.00 bits per heavy atom. The second kappa shape index (κ2) is 7.43. The maximum absolute atomic E-state index is 12.1. The summed E-state index contributed by atoms with van der Waals surface area (Å²) in [6.07, 6.45) is 1.58. The van der Waals surface area contributed by atoms with Crippen molar-refractivity contribution in [2.24, 2.45) is 0 Å². The molecule has 0 aliphatic carbocycles.